The van der Waals surface area contributed by atoms with Crippen LogP contribution in [0.15, 0.2) is 29.6 Å². The topological polar surface area (TPSA) is 70.5 Å². The van der Waals surface area contributed by atoms with Crippen LogP contribution in [0.5, 0.6) is 0 Å². The Kier molecular flexibility index (Phi) is 4.43. The van der Waals surface area contributed by atoms with Crippen LogP contribution in [0.3, 0.4) is 0 Å². The monoisotopic (exact) mass is 330 g/mol. The van der Waals surface area contributed by atoms with E-state index >= 15 is 0 Å². The Labute approximate surface area is 138 Å². The highest BCUT2D eigenvalue weighted by molar-refractivity contribution is 7.09. The smallest absolute Gasteiger partial charge is 0.335 e. The Morgan fingerprint density at radius 3 is 2.57 bits per heavy atom. The lowest BCUT2D eigenvalue weighted by molar-refractivity contribution is 0.0697. The number of hydrogen-bond acceptors (Lipinski definition) is 4. The number of likely N-dealkylation sites (tertiary alicyclic amines) is 1. The summed E-state index contributed by atoms with van der Waals surface area (Å²) in [5.74, 6) is -0.692. The summed E-state index contributed by atoms with van der Waals surface area (Å²) in [4.78, 5) is 29.9. The van der Waals surface area contributed by atoms with Gasteiger partial charge in [0.05, 0.1) is 10.6 Å². The van der Waals surface area contributed by atoms with Gasteiger partial charge in [-0.25, -0.2) is 9.78 Å². The average molecular weight is 330 g/mol. The van der Waals surface area contributed by atoms with Gasteiger partial charge in [-0.15, -0.1) is 11.3 Å². The first-order valence-corrected chi connectivity index (χ1v) is 8.47. The van der Waals surface area contributed by atoms with E-state index in [1.165, 1.54) is 12.1 Å². The number of carbonyl (C=O) groups is 2. The summed E-state index contributed by atoms with van der Waals surface area (Å²) in [6.07, 6.45) is 1.80. The molecule has 1 fully saturated rings. The van der Waals surface area contributed by atoms with Crippen LogP contribution in [0.25, 0.3) is 0 Å². The van der Waals surface area contributed by atoms with E-state index in [2.05, 4.69) is 10.4 Å². The van der Waals surface area contributed by atoms with Crippen molar-refractivity contribution < 1.29 is 14.7 Å². The Morgan fingerprint density at radius 1 is 1.26 bits per heavy atom. The number of carboxylic acids is 1. The van der Waals surface area contributed by atoms with Crippen LogP contribution in [0.1, 0.15) is 50.2 Å². The maximum atomic E-state index is 12.5. The molecule has 6 heteroatoms. The molecule has 2 aromatic rings. The number of aryl methyl sites for hydroxylation is 1. The summed E-state index contributed by atoms with van der Waals surface area (Å²) in [5.41, 5.74) is 1.63. The van der Waals surface area contributed by atoms with Crippen LogP contribution < -0.4 is 0 Å². The second-order valence-corrected chi connectivity index (χ2v) is 6.67. The second-order valence-electron chi connectivity index (χ2n) is 5.78. The first-order chi connectivity index (χ1) is 11.0. The minimum absolute atomic E-state index is 0.0955. The molecular weight excluding hydrogens is 312 g/mol. The van der Waals surface area contributed by atoms with E-state index in [4.69, 9.17) is 5.11 Å². The highest BCUT2D eigenvalue weighted by Gasteiger charge is 2.26. The van der Waals surface area contributed by atoms with Gasteiger partial charge in [-0.2, -0.15) is 0 Å². The normalized spacial score (nSPS) is 15.6. The number of nitrogens with zero attached hydrogens (tertiary/aromatic N) is 2. The molecule has 5 nitrogen and oxygen atoms in total. The molecule has 120 valence electrons. The number of thiazole rings is 1. The van der Waals surface area contributed by atoms with Gasteiger partial charge in [-0.1, -0.05) is 6.07 Å². The molecule has 1 aromatic carbocycles. The highest BCUT2D eigenvalue weighted by atomic mass is 32.1. The Morgan fingerprint density at radius 2 is 1.96 bits per heavy atom. The zero-order chi connectivity index (χ0) is 16.4. The summed E-state index contributed by atoms with van der Waals surface area (Å²) in [5, 5.41) is 12.2. The largest absolute Gasteiger partial charge is 0.478 e. The maximum Gasteiger partial charge on any atom is 0.335 e. The van der Waals surface area contributed by atoms with Gasteiger partial charge in [0.15, 0.2) is 0 Å². The number of aromatic carboxylic acids is 1. The van der Waals surface area contributed by atoms with Gasteiger partial charge in [0.1, 0.15) is 0 Å². The van der Waals surface area contributed by atoms with Crippen molar-refractivity contribution in [2.24, 2.45) is 0 Å². The molecule has 2 heterocycles. The van der Waals surface area contributed by atoms with Crippen LogP contribution in [-0.2, 0) is 0 Å². The van der Waals surface area contributed by atoms with E-state index in [1.54, 1.807) is 28.4 Å². The van der Waals surface area contributed by atoms with E-state index in [0.717, 1.165) is 23.5 Å². The van der Waals surface area contributed by atoms with E-state index < -0.39 is 5.97 Å². The second kappa shape index (κ2) is 6.50. The van der Waals surface area contributed by atoms with Gasteiger partial charge < -0.3 is 10.0 Å². The molecule has 1 aromatic heterocycles. The number of hydrogen-bond donors (Lipinski definition) is 1. The van der Waals surface area contributed by atoms with Crippen molar-refractivity contribution in [3.63, 3.8) is 0 Å². The summed E-state index contributed by atoms with van der Waals surface area (Å²) in [7, 11) is 0. The van der Waals surface area contributed by atoms with Gasteiger partial charge in [-0.05, 0) is 38.0 Å². The van der Waals surface area contributed by atoms with E-state index in [9.17, 15) is 9.59 Å². The number of carbonyl (C=O) groups excluding carboxylic acids is 1. The Bertz CT molecular complexity index is 733. The van der Waals surface area contributed by atoms with Crippen molar-refractivity contribution in [1.29, 1.82) is 0 Å². The van der Waals surface area contributed by atoms with E-state index in [-0.39, 0.29) is 11.5 Å². The zero-order valence-corrected chi connectivity index (χ0v) is 13.7. The first kappa shape index (κ1) is 15.7. The van der Waals surface area contributed by atoms with Gasteiger partial charge in [-0.3, -0.25) is 4.79 Å². The average Bonchev–Trinajstić information content (AvgIpc) is 3.01. The molecule has 0 unspecified atom stereocenters. The summed E-state index contributed by atoms with van der Waals surface area (Å²) < 4.78 is 0. The fourth-order valence-corrected chi connectivity index (χ4v) is 3.83. The molecule has 0 bridgehead atoms. The lowest BCUT2D eigenvalue weighted by Crippen LogP contribution is -2.38. The van der Waals surface area contributed by atoms with Crippen molar-refractivity contribution in [2.75, 3.05) is 13.1 Å². The number of benzene rings is 1. The number of piperidine rings is 1. The third-order valence-corrected chi connectivity index (χ3v) is 5.25. The minimum Gasteiger partial charge on any atom is -0.478 e. The van der Waals surface area contributed by atoms with E-state index in [1.807, 2.05) is 6.92 Å². The highest BCUT2D eigenvalue weighted by Crippen LogP contribution is 2.30. The van der Waals surface area contributed by atoms with Crippen LogP contribution in [0.2, 0.25) is 0 Å². The standard InChI is InChI=1S/C17H18N2O3S/c1-11-10-23-15(18-11)12-5-7-19(8-6-12)16(20)13-3-2-4-14(9-13)17(21)22/h2-4,9-10,12H,5-8H2,1H3,(H,21,22). The van der Waals surface area contributed by atoms with Crippen molar-refractivity contribution in [1.82, 2.24) is 9.88 Å². The summed E-state index contributed by atoms with van der Waals surface area (Å²) in [6.45, 7) is 3.35. The number of carboxylic acid groups (broad SMARTS) is 1. The number of aromatic nitrogens is 1. The molecule has 1 N–H and O–H groups in total. The van der Waals surface area contributed by atoms with Crippen LogP contribution >= 0.6 is 11.3 Å². The van der Waals surface area contributed by atoms with Gasteiger partial charge in [0, 0.05) is 35.6 Å². The molecule has 1 amide bonds. The SMILES string of the molecule is Cc1csc(C2CCN(C(=O)c3cccc(C(=O)O)c3)CC2)n1. The Balaban J connectivity index is 1.66. The third kappa shape index (κ3) is 3.42. The summed E-state index contributed by atoms with van der Waals surface area (Å²) in [6, 6.07) is 6.23. The van der Waals surface area contributed by atoms with Crippen molar-refractivity contribution >= 4 is 23.2 Å². The predicted octanol–water partition coefficient (Wildman–Crippen LogP) is 3.17. The predicted molar refractivity (Wildman–Crippen MR) is 88.1 cm³/mol. The number of rotatable bonds is 3. The first-order valence-electron chi connectivity index (χ1n) is 7.59. The Hall–Kier alpha value is -2.21. The van der Waals surface area contributed by atoms with Crippen molar-refractivity contribution in [3.8, 4) is 0 Å². The molecular formula is C17H18N2O3S. The molecule has 1 aliphatic rings. The fourth-order valence-electron chi connectivity index (χ4n) is 2.86. The minimum atomic E-state index is -1.02. The molecule has 0 spiro atoms. The molecule has 0 radical (unpaired) electrons. The molecule has 0 saturated carbocycles. The van der Waals surface area contributed by atoms with Crippen LogP contribution in [-0.4, -0.2) is 40.0 Å². The van der Waals surface area contributed by atoms with Crippen LogP contribution in [0.4, 0.5) is 0 Å². The van der Waals surface area contributed by atoms with Crippen molar-refractivity contribution in [3.05, 3.63) is 51.5 Å². The van der Waals surface area contributed by atoms with E-state index in [0.29, 0.717) is 24.6 Å². The number of amides is 1. The third-order valence-electron chi connectivity index (χ3n) is 4.12. The lowest BCUT2D eigenvalue weighted by atomic mass is 9.97. The van der Waals surface area contributed by atoms with Crippen molar-refractivity contribution in [2.45, 2.75) is 25.7 Å². The molecule has 23 heavy (non-hydrogen) atoms. The van der Waals surface area contributed by atoms with Gasteiger partial charge in [0.2, 0.25) is 0 Å². The van der Waals surface area contributed by atoms with Gasteiger partial charge in [0.25, 0.3) is 5.91 Å². The summed E-state index contributed by atoms with van der Waals surface area (Å²) >= 11 is 1.69. The quantitative estimate of drug-likeness (QED) is 0.938. The maximum absolute atomic E-state index is 12.5. The zero-order valence-electron chi connectivity index (χ0n) is 12.9. The molecule has 1 saturated heterocycles. The molecule has 1 aliphatic heterocycles. The molecule has 0 aliphatic carbocycles. The van der Waals surface area contributed by atoms with Gasteiger partial charge >= 0.3 is 5.97 Å². The molecule has 0 atom stereocenters. The lowest BCUT2D eigenvalue weighted by Gasteiger charge is -2.31. The van der Waals surface area contributed by atoms with Crippen LogP contribution in [0, 0.1) is 6.92 Å². The molecule has 3 rings (SSSR count). The fraction of sp³-hybridized carbons (Fsp3) is 0.353.